The first-order valence-corrected chi connectivity index (χ1v) is 8.98. The molecule has 1 aromatic carbocycles. The van der Waals surface area contributed by atoms with Crippen LogP contribution in [-0.2, 0) is 6.54 Å². The topological polar surface area (TPSA) is 53.9 Å². The minimum absolute atomic E-state index is 0.112. The Labute approximate surface area is 147 Å². The van der Waals surface area contributed by atoms with Gasteiger partial charge in [-0.2, -0.15) is 5.10 Å². The minimum atomic E-state index is 0.112. The van der Waals surface area contributed by atoms with Crippen LogP contribution in [0.1, 0.15) is 34.7 Å². The fourth-order valence-electron chi connectivity index (χ4n) is 3.78. The van der Waals surface area contributed by atoms with Crippen LogP contribution in [0.15, 0.2) is 36.4 Å². The predicted molar refractivity (Wildman–Crippen MR) is 98.6 cm³/mol. The van der Waals surface area contributed by atoms with Crippen LogP contribution in [0, 0.1) is 19.8 Å². The Bertz CT molecular complexity index is 866. The molecule has 3 heterocycles. The van der Waals surface area contributed by atoms with Crippen LogP contribution < -0.4 is 0 Å². The third-order valence-electron chi connectivity index (χ3n) is 5.20. The summed E-state index contributed by atoms with van der Waals surface area (Å²) in [6, 6.07) is 12.1. The molecule has 0 unspecified atom stereocenters. The van der Waals surface area contributed by atoms with Crippen LogP contribution in [0.25, 0.3) is 10.9 Å². The third-order valence-corrected chi connectivity index (χ3v) is 5.20. The zero-order valence-electron chi connectivity index (χ0n) is 14.8. The molecule has 1 N–H and O–H groups in total. The van der Waals surface area contributed by atoms with Gasteiger partial charge in [-0.05, 0) is 50.8 Å². The number of para-hydroxylation sites is 1. The highest BCUT2D eigenvalue weighted by atomic mass is 16.2. The van der Waals surface area contributed by atoms with Crippen LogP contribution >= 0.6 is 0 Å². The van der Waals surface area contributed by atoms with Gasteiger partial charge in [-0.3, -0.25) is 9.48 Å². The highest BCUT2D eigenvalue weighted by molar-refractivity contribution is 5.98. The zero-order chi connectivity index (χ0) is 17.4. The zero-order valence-corrected chi connectivity index (χ0v) is 14.8. The maximum Gasteiger partial charge on any atom is 0.270 e. The third kappa shape index (κ3) is 3.18. The smallest absolute Gasteiger partial charge is 0.270 e. The molecule has 3 aromatic rings. The molecule has 5 heteroatoms. The largest absolute Gasteiger partial charge is 0.351 e. The quantitative estimate of drug-likeness (QED) is 0.795. The van der Waals surface area contributed by atoms with E-state index in [0.717, 1.165) is 49.1 Å². The van der Waals surface area contributed by atoms with Gasteiger partial charge in [-0.1, -0.05) is 18.2 Å². The van der Waals surface area contributed by atoms with Gasteiger partial charge < -0.3 is 9.88 Å². The second-order valence-electron chi connectivity index (χ2n) is 7.12. The van der Waals surface area contributed by atoms with E-state index in [1.807, 2.05) is 42.2 Å². The number of carbonyl (C=O) groups excluding carboxylic acids is 1. The van der Waals surface area contributed by atoms with Crippen molar-refractivity contribution in [2.24, 2.45) is 5.92 Å². The number of carbonyl (C=O) groups is 1. The van der Waals surface area contributed by atoms with E-state index in [1.54, 1.807) is 0 Å². The van der Waals surface area contributed by atoms with Crippen molar-refractivity contribution in [2.75, 3.05) is 13.1 Å². The summed E-state index contributed by atoms with van der Waals surface area (Å²) in [5.74, 6) is 0.700. The van der Waals surface area contributed by atoms with E-state index in [0.29, 0.717) is 11.6 Å². The summed E-state index contributed by atoms with van der Waals surface area (Å²) in [5, 5.41) is 5.65. The van der Waals surface area contributed by atoms with Crippen molar-refractivity contribution in [2.45, 2.75) is 33.2 Å². The van der Waals surface area contributed by atoms with Gasteiger partial charge in [0.1, 0.15) is 5.69 Å². The van der Waals surface area contributed by atoms with Crippen molar-refractivity contribution in [1.29, 1.82) is 0 Å². The number of fused-ring (bicyclic) bond motifs is 1. The highest BCUT2D eigenvalue weighted by Gasteiger charge is 2.25. The number of nitrogens with one attached hydrogen (secondary N) is 1. The molecule has 0 radical (unpaired) electrons. The molecule has 1 amide bonds. The molecular weight excluding hydrogens is 312 g/mol. The number of piperidine rings is 1. The van der Waals surface area contributed by atoms with Crippen molar-refractivity contribution in [3.63, 3.8) is 0 Å². The van der Waals surface area contributed by atoms with E-state index in [-0.39, 0.29) is 5.91 Å². The number of rotatable bonds is 3. The maximum atomic E-state index is 12.8. The monoisotopic (exact) mass is 336 g/mol. The molecule has 25 heavy (non-hydrogen) atoms. The summed E-state index contributed by atoms with van der Waals surface area (Å²) >= 11 is 0. The lowest BCUT2D eigenvalue weighted by molar-refractivity contribution is 0.0676. The molecule has 0 saturated carbocycles. The summed E-state index contributed by atoms with van der Waals surface area (Å²) in [6.45, 7) is 6.73. The Balaban J connectivity index is 1.39. The van der Waals surface area contributed by atoms with E-state index in [4.69, 9.17) is 0 Å². The average Bonchev–Trinajstić information content (AvgIpc) is 3.18. The standard InChI is InChI=1S/C20H24N4O/c1-14-11-15(2)24(22-14)13-16-7-9-23(10-8-16)20(25)19-12-17-5-3-4-6-18(17)21-19/h3-6,11-12,16,21H,7-10,13H2,1-2H3. The first kappa shape index (κ1) is 15.9. The van der Waals surface area contributed by atoms with Gasteiger partial charge in [0.25, 0.3) is 5.91 Å². The molecule has 1 aliphatic heterocycles. The molecule has 2 aromatic heterocycles. The number of likely N-dealkylation sites (tertiary alicyclic amines) is 1. The van der Waals surface area contributed by atoms with Crippen LogP contribution in [0.3, 0.4) is 0 Å². The molecular formula is C20H24N4O. The molecule has 5 nitrogen and oxygen atoms in total. The Morgan fingerprint density at radius 1 is 1.20 bits per heavy atom. The van der Waals surface area contributed by atoms with Crippen LogP contribution in [0.5, 0.6) is 0 Å². The van der Waals surface area contributed by atoms with Gasteiger partial charge in [0, 0.05) is 36.2 Å². The minimum Gasteiger partial charge on any atom is -0.351 e. The Hall–Kier alpha value is -2.56. The summed E-state index contributed by atoms with van der Waals surface area (Å²) in [7, 11) is 0. The molecule has 0 aliphatic carbocycles. The number of aromatic nitrogens is 3. The van der Waals surface area contributed by atoms with E-state index >= 15 is 0 Å². The Morgan fingerprint density at radius 3 is 2.64 bits per heavy atom. The van der Waals surface area contributed by atoms with E-state index in [9.17, 15) is 4.79 Å². The SMILES string of the molecule is Cc1cc(C)n(CC2CCN(C(=O)c3cc4ccccc4[nH]3)CC2)n1. The van der Waals surface area contributed by atoms with Crippen LogP contribution in [-0.4, -0.2) is 38.7 Å². The second-order valence-corrected chi connectivity index (χ2v) is 7.12. The molecule has 130 valence electrons. The Morgan fingerprint density at radius 2 is 1.96 bits per heavy atom. The van der Waals surface area contributed by atoms with Crippen molar-refractivity contribution in [3.8, 4) is 0 Å². The number of H-pyrrole nitrogens is 1. The number of amides is 1. The Kier molecular flexibility index (Phi) is 4.07. The van der Waals surface area contributed by atoms with Crippen LogP contribution in [0.2, 0.25) is 0 Å². The molecule has 0 spiro atoms. The van der Waals surface area contributed by atoms with Gasteiger partial charge in [0.15, 0.2) is 0 Å². The van der Waals surface area contributed by atoms with E-state index in [2.05, 4.69) is 27.8 Å². The van der Waals surface area contributed by atoms with Gasteiger partial charge in [-0.25, -0.2) is 0 Å². The molecule has 1 aliphatic rings. The average molecular weight is 336 g/mol. The highest BCUT2D eigenvalue weighted by Crippen LogP contribution is 2.22. The van der Waals surface area contributed by atoms with Gasteiger partial charge in [0.2, 0.25) is 0 Å². The van der Waals surface area contributed by atoms with E-state index in [1.165, 1.54) is 5.69 Å². The number of hydrogen-bond acceptors (Lipinski definition) is 2. The van der Waals surface area contributed by atoms with Crippen molar-refractivity contribution in [3.05, 3.63) is 53.5 Å². The van der Waals surface area contributed by atoms with Gasteiger partial charge in [-0.15, -0.1) is 0 Å². The maximum absolute atomic E-state index is 12.8. The number of benzene rings is 1. The van der Waals surface area contributed by atoms with Gasteiger partial charge >= 0.3 is 0 Å². The normalized spacial score (nSPS) is 15.8. The first-order valence-electron chi connectivity index (χ1n) is 8.98. The predicted octanol–water partition coefficient (Wildman–Crippen LogP) is 3.53. The number of aromatic amines is 1. The van der Waals surface area contributed by atoms with Crippen molar-refractivity contribution < 1.29 is 4.79 Å². The molecule has 1 saturated heterocycles. The summed E-state index contributed by atoms with van der Waals surface area (Å²) in [5.41, 5.74) is 4.00. The number of aryl methyl sites for hydroxylation is 2. The molecule has 4 rings (SSSR count). The lowest BCUT2D eigenvalue weighted by Gasteiger charge is -2.31. The fraction of sp³-hybridized carbons (Fsp3) is 0.400. The summed E-state index contributed by atoms with van der Waals surface area (Å²) in [4.78, 5) is 18.0. The summed E-state index contributed by atoms with van der Waals surface area (Å²) in [6.07, 6.45) is 2.06. The van der Waals surface area contributed by atoms with Crippen molar-refractivity contribution >= 4 is 16.8 Å². The summed E-state index contributed by atoms with van der Waals surface area (Å²) < 4.78 is 2.11. The molecule has 0 atom stereocenters. The second kappa shape index (κ2) is 6.39. The lowest BCUT2D eigenvalue weighted by Crippen LogP contribution is -2.39. The first-order chi connectivity index (χ1) is 12.1. The fourth-order valence-corrected chi connectivity index (χ4v) is 3.78. The van der Waals surface area contributed by atoms with Gasteiger partial charge in [0.05, 0.1) is 5.69 Å². The molecule has 1 fully saturated rings. The van der Waals surface area contributed by atoms with Crippen molar-refractivity contribution in [1.82, 2.24) is 19.7 Å². The lowest BCUT2D eigenvalue weighted by atomic mass is 9.96. The molecule has 0 bridgehead atoms. The van der Waals surface area contributed by atoms with Crippen LogP contribution in [0.4, 0.5) is 0 Å². The van der Waals surface area contributed by atoms with E-state index < -0.39 is 0 Å². The number of nitrogens with zero attached hydrogens (tertiary/aromatic N) is 3. The number of hydrogen-bond donors (Lipinski definition) is 1.